The van der Waals surface area contributed by atoms with E-state index < -0.39 is 6.04 Å². The second kappa shape index (κ2) is 12.8. The molecule has 4 heterocycles. The van der Waals surface area contributed by atoms with Gasteiger partial charge in [0, 0.05) is 68.5 Å². The van der Waals surface area contributed by atoms with Crippen molar-refractivity contribution in [3.05, 3.63) is 101 Å². The summed E-state index contributed by atoms with van der Waals surface area (Å²) in [6.45, 7) is 2.46. The number of nitrogens with zero attached hydrogens (tertiary/aromatic N) is 5. The molecule has 2 N–H and O–H groups in total. The number of hydrogen-bond donors (Lipinski definition) is 2. The largest absolute Gasteiger partial charge is 0.361 e. The van der Waals surface area contributed by atoms with Crippen LogP contribution < -0.4 is 15.9 Å². The molecule has 0 radical (unpaired) electrons. The standard InChI is InChI=1S/C37H43N7O3/c1-40(2)23-25-20-26-10-4-7-13-32(26)43(24-25)35(45)31(21-27-22-38-30-12-6-5-11-29(27)30)39-36(46)42-18-16-28(17-19-42)44-34-15-9-8-14-33(34)41(3)37(44)47/h4-15,22,25,28,31,38H,16-21,23-24H2,1-3H3,(H,39,46)/t25-,31?/m0/s1. The Bertz CT molecular complexity index is 1980. The lowest BCUT2D eigenvalue weighted by Gasteiger charge is -2.38. The molecule has 1 fully saturated rings. The number of aryl methyl sites for hydroxylation is 1. The average molecular weight is 634 g/mol. The van der Waals surface area contributed by atoms with Gasteiger partial charge in [-0.2, -0.15) is 0 Å². The lowest BCUT2D eigenvalue weighted by molar-refractivity contribution is -0.120. The van der Waals surface area contributed by atoms with Crippen LogP contribution in [-0.4, -0.2) is 82.2 Å². The van der Waals surface area contributed by atoms with Crippen molar-refractivity contribution >= 4 is 39.6 Å². The van der Waals surface area contributed by atoms with Gasteiger partial charge < -0.3 is 25.0 Å². The Balaban J connectivity index is 1.13. The number of imidazole rings is 1. The second-order valence-electron chi connectivity index (χ2n) is 13.4. The number of likely N-dealkylation sites (tertiary alicyclic amines) is 1. The van der Waals surface area contributed by atoms with Gasteiger partial charge in [0.25, 0.3) is 0 Å². The SMILES string of the molecule is CN(C)C[C@@H]1Cc2ccccc2N(C(=O)C(Cc2c[nH]c3ccccc23)NC(=O)N2CCC(n3c(=O)n(C)c4ccccc43)CC2)C1. The molecule has 0 aliphatic carbocycles. The van der Waals surface area contributed by atoms with Crippen molar-refractivity contribution in [2.24, 2.45) is 13.0 Å². The van der Waals surface area contributed by atoms with Crippen LogP contribution in [-0.2, 0) is 24.7 Å². The van der Waals surface area contributed by atoms with Gasteiger partial charge in [0.1, 0.15) is 6.04 Å². The highest BCUT2D eigenvalue weighted by Crippen LogP contribution is 2.32. The fourth-order valence-electron chi connectivity index (χ4n) is 7.67. The molecule has 2 aliphatic heterocycles. The number of anilines is 1. The van der Waals surface area contributed by atoms with Gasteiger partial charge in [0.2, 0.25) is 5.91 Å². The van der Waals surface area contributed by atoms with Gasteiger partial charge in [-0.3, -0.25) is 13.9 Å². The van der Waals surface area contributed by atoms with Crippen molar-refractivity contribution in [1.29, 1.82) is 0 Å². The fourth-order valence-corrected chi connectivity index (χ4v) is 7.67. The van der Waals surface area contributed by atoms with Crippen LogP contribution in [0.15, 0.2) is 83.8 Å². The van der Waals surface area contributed by atoms with Gasteiger partial charge in [0.05, 0.1) is 11.0 Å². The van der Waals surface area contributed by atoms with Gasteiger partial charge in [-0.1, -0.05) is 48.5 Å². The van der Waals surface area contributed by atoms with E-state index in [1.54, 1.807) is 16.5 Å². The molecule has 10 heteroatoms. The van der Waals surface area contributed by atoms with Crippen molar-refractivity contribution in [1.82, 2.24) is 29.2 Å². The topological polar surface area (TPSA) is 98.6 Å². The maximum absolute atomic E-state index is 14.6. The molecule has 7 rings (SSSR count). The van der Waals surface area contributed by atoms with Crippen LogP contribution in [0.1, 0.15) is 30.0 Å². The van der Waals surface area contributed by atoms with Gasteiger partial charge in [-0.15, -0.1) is 0 Å². The van der Waals surface area contributed by atoms with Gasteiger partial charge in [-0.25, -0.2) is 9.59 Å². The third-order valence-electron chi connectivity index (χ3n) is 9.93. The summed E-state index contributed by atoms with van der Waals surface area (Å²) in [5.41, 5.74) is 5.86. The van der Waals surface area contributed by atoms with Crippen LogP contribution in [0.4, 0.5) is 10.5 Å². The number of carbonyl (C=O) groups is 2. The number of H-pyrrole nitrogens is 1. The summed E-state index contributed by atoms with van der Waals surface area (Å²) in [5, 5.41) is 4.22. The predicted octanol–water partition coefficient (Wildman–Crippen LogP) is 4.55. The maximum Gasteiger partial charge on any atom is 0.329 e. The van der Waals surface area contributed by atoms with E-state index in [9.17, 15) is 14.4 Å². The Labute approximate surface area is 274 Å². The summed E-state index contributed by atoms with van der Waals surface area (Å²) in [6, 6.07) is 23.0. The zero-order valence-corrected chi connectivity index (χ0v) is 27.4. The molecule has 2 aliphatic rings. The molecule has 0 spiro atoms. The summed E-state index contributed by atoms with van der Waals surface area (Å²) >= 11 is 0. The van der Waals surface area contributed by atoms with Crippen LogP contribution in [0.25, 0.3) is 21.9 Å². The van der Waals surface area contributed by atoms with Crippen molar-refractivity contribution < 1.29 is 9.59 Å². The number of hydrogen-bond acceptors (Lipinski definition) is 4. The lowest BCUT2D eigenvalue weighted by Crippen LogP contribution is -2.56. The molecule has 2 atom stereocenters. The molecule has 1 unspecified atom stereocenters. The van der Waals surface area contributed by atoms with Crippen LogP contribution in [0.5, 0.6) is 0 Å². The Kier molecular flexibility index (Phi) is 8.36. The first-order chi connectivity index (χ1) is 22.8. The summed E-state index contributed by atoms with van der Waals surface area (Å²) in [4.78, 5) is 50.9. The van der Waals surface area contributed by atoms with Crippen molar-refractivity contribution in [3.8, 4) is 0 Å². The molecule has 47 heavy (non-hydrogen) atoms. The molecule has 3 aromatic carbocycles. The minimum absolute atomic E-state index is 0.000203. The molecule has 5 aromatic rings. The molecule has 3 amide bonds. The van der Waals surface area contributed by atoms with Crippen molar-refractivity contribution in [2.75, 3.05) is 45.2 Å². The highest BCUT2D eigenvalue weighted by molar-refractivity contribution is 6.00. The van der Waals surface area contributed by atoms with E-state index >= 15 is 0 Å². The summed E-state index contributed by atoms with van der Waals surface area (Å²) < 4.78 is 3.57. The van der Waals surface area contributed by atoms with E-state index in [1.165, 1.54) is 0 Å². The van der Waals surface area contributed by atoms with E-state index in [2.05, 4.69) is 35.4 Å². The van der Waals surface area contributed by atoms with Gasteiger partial charge in [0.15, 0.2) is 0 Å². The van der Waals surface area contributed by atoms with Crippen LogP contribution in [0, 0.1) is 5.92 Å². The average Bonchev–Trinajstić information content (AvgIpc) is 3.60. The summed E-state index contributed by atoms with van der Waals surface area (Å²) in [6.07, 6.45) is 4.55. The van der Waals surface area contributed by atoms with E-state index in [1.807, 2.05) is 82.4 Å². The van der Waals surface area contributed by atoms with E-state index in [0.717, 1.165) is 51.7 Å². The van der Waals surface area contributed by atoms with Crippen LogP contribution in [0.3, 0.4) is 0 Å². The summed E-state index contributed by atoms with van der Waals surface area (Å²) in [5.74, 6) is 0.182. The quantitative estimate of drug-likeness (QED) is 0.275. The Morgan fingerprint density at radius 1 is 0.957 bits per heavy atom. The second-order valence-corrected chi connectivity index (χ2v) is 13.4. The van der Waals surface area contributed by atoms with Gasteiger partial charge >= 0.3 is 11.7 Å². The number of para-hydroxylation sites is 4. The molecule has 1 saturated heterocycles. The molecule has 0 bridgehead atoms. The lowest BCUT2D eigenvalue weighted by atomic mass is 9.91. The zero-order chi connectivity index (χ0) is 32.7. The predicted molar refractivity (Wildman–Crippen MR) is 186 cm³/mol. The molecule has 244 valence electrons. The third-order valence-corrected chi connectivity index (χ3v) is 9.93. The number of fused-ring (bicyclic) bond motifs is 3. The number of aromatic amines is 1. The highest BCUT2D eigenvalue weighted by Gasteiger charge is 2.35. The van der Waals surface area contributed by atoms with Crippen LogP contribution in [0.2, 0.25) is 0 Å². The fraction of sp³-hybridized carbons (Fsp3) is 0.378. The first-order valence-electron chi connectivity index (χ1n) is 16.6. The van der Waals surface area contributed by atoms with Crippen molar-refractivity contribution in [3.63, 3.8) is 0 Å². The van der Waals surface area contributed by atoms with E-state index in [-0.39, 0.29) is 29.6 Å². The molecule has 2 aromatic heterocycles. The van der Waals surface area contributed by atoms with Gasteiger partial charge in [-0.05, 0) is 74.7 Å². The summed E-state index contributed by atoms with van der Waals surface area (Å²) in [7, 11) is 5.93. The maximum atomic E-state index is 14.6. The number of aromatic nitrogens is 3. The number of rotatable bonds is 7. The minimum atomic E-state index is -0.758. The molecule has 0 saturated carbocycles. The monoisotopic (exact) mass is 633 g/mol. The number of amides is 3. The van der Waals surface area contributed by atoms with E-state index in [0.29, 0.717) is 38.9 Å². The Hall–Kier alpha value is -4.83. The normalized spacial score (nSPS) is 17.7. The Morgan fingerprint density at radius 2 is 1.66 bits per heavy atom. The van der Waals surface area contributed by atoms with Crippen molar-refractivity contribution in [2.45, 2.75) is 37.8 Å². The van der Waals surface area contributed by atoms with Crippen LogP contribution >= 0.6 is 0 Å². The first-order valence-corrected chi connectivity index (χ1v) is 16.6. The zero-order valence-electron chi connectivity index (χ0n) is 27.4. The first kappa shape index (κ1) is 30.8. The van der Waals surface area contributed by atoms with E-state index in [4.69, 9.17) is 0 Å². The smallest absolute Gasteiger partial charge is 0.329 e. The number of carbonyl (C=O) groups excluding carboxylic acids is 2. The number of nitrogens with one attached hydrogen (secondary N) is 2. The molecular formula is C37H43N7O3. The minimum Gasteiger partial charge on any atom is -0.361 e. The molecule has 10 nitrogen and oxygen atoms in total. The molecular weight excluding hydrogens is 590 g/mol. The number of benzene rings is 3. The number of urea groups is 1. The highest BCUT2D eigenvalue weighted by atomic mass is 16.2. The third kappa shape index (κ3) is 5.93. The number of piperidine rings is 1. The Morgan fingerprint density at radius 3 is 2.45 bits per heavy atom.